The number of anilines is 1. The molecule has 2 aromatic carbocycles. The molecule has 3 aliphatic heterocycles. The lowest BCUT2D eigenvalue weighted by molar-refractivity contribution is -0.152. The molecule has 3 atom stereocenters. The molecule has 1 unspecified atom stereocenters. The van der Waals surface area contributed by atoms with Gasteiger partial charge < -0.3 is 19.5 Å². The normalized spacial score (nSPS) is 25.1. The first-order valence-corrected chi connectivity index (χ1v) is 15.8. The number of carbonyl (C=O) groups is 1. The van der Waals surface area contributed by atoms with Crippen LogP contribution in [0.25, 0.3) is 11.3 Å². The van der Waals surface area contributed by atoms with Gasteiger partial charge in [0.15, 0.2) is 5.13 Å². The molecule has 0 spiro atoms. The van der Waals surface area contributed by atoms with Crippen molar-refractivity contribution < 1.29 is 19.4 Å². The van der Waals surface area contributed by atoms with Gasteiger partial charge >= 0.3 is 5.97 Å². The number of thiazole rings is 1. The Labute approximate surface area is 247 Å². The Kier molecular flexibility index (Phi) is 8.07. The van der Waals surface area contributed by atoms with Gasteiger partial charge in [-0.1, -0.05) is 36.8 Å². The Bertz CT molecular complexity index is 1400. The average molecular weight is 576 g/mol. The Morgan fingerprint density at radius 2 is 2.10 bits per heavy atom. The Balaban J connectivity index is 1.13. The van der Waals surface area contributed by atoms with Gasteiger partial charge in [-0.2, -0.15) is 0 Å². The summed E-state index contributed by atoms with van der Waals surface area (Å²) in [6, 6.07) is 13.6. The first-order chi connectivity index (χ1) is 19.8. The van der Waals surface area contributed by atoms with Crippen LogP contribution in [0.2, 0.25) is 0 Å². The highest BCUT2D eigenvalue weighted by Crippen LogP contribution is 2.40. The molecule has 1 N–H and O–H groups in total. The molecule has 41 heavy (non-hydrogen) atoms. The summed E-state index contributed by atoms with van der Waals surface area (Å²) in [6.45, 7) is 11.7. The monoisotopic (exact) mass is 575 g/mol. The molecule has 0 radical (unpaired) electrons. The van der Waals surface area contributed by atoms with Gasteiger partial charge in [-0.05, 0) is 74.3 Å². The zero-order chi connectivity index (χ0) is 28.6. The minimum absolute atomic E-state index is 0.0416. The van der Waals surface area contributed by atoms with Gasteiger partial charge in [-0.15, -0.1) is 11.3 Å². The molecule has 218 valence electrons. The van der Waals surface area contributed by atoms with Crippen molar-refractivity contribution in [3.8, 4) is 17.0 Å². The van der Waals surface area contributed by atoms with Crippen LogP contribution >= 0.6 is 11.3 Å². The maximum absolute atomic E-state index is 11.8. The van der Waals surface area contributed by atoms with E-state index in [-0.39, 0.29) is 5.92 Å². The van der Waals surface area contributed by atoms with Crippen LogP contribution in [0, 0.1) is 18.3 Å². The van der Waals surface area contributed by atoms with Crippen LogP contribution in [0.1, 0.15) is 55.4 Å². The number of hydrogen-bond donors (Lipinski definition) is 1. The molecule has 0 bridgehead atoms. The molecule has 3 aliphatic rings. The van der Waals surface area contributed by atoms with E-state index in [0.717, 1.165) is 66.8 Å². The molecule has 3 aromatic rings. The number of aromatic nitrogens is 1. The van der Waals surface area contributed by atoms with Gasteiger partial charge in [-0.25, -0.2) is 4.98 Å². The summed E-state index contributed by atoms with van der Waals surface area (Å²) in [4.78, 5) is 21.7. The van der Waals surface area contributed by atoms with E-state index in [1.165, 1.54) is 23.1 Å². The first-order valence-electron chi connectivity index (χ1n) is 14.9. The van der Waals surface area contributed by atoms with E-state index >= 15 is 0 Å². The topological polar surface area (TPSA) is 75.1 Å². The van der Waals surface area contributed by atoms with Crippen LogP contribution in [0.3, 0.4) is 0 Å². The molecule has 8 heteroatoms. The van der Waals surface area contributed by atoms with Gasteiger partial charge in [0.2, 0.25) is 0 Å². The van der Waals surface area contributed by atoms with Crippen LogP contribution in [-0.2, 0) is 29.1 Å². The molecule has 4 heterocycles. The number of ether oxygens (including phenoxy) is 2. The fourth-order valence-electron chi connectivity index (χ4n) is 6.43. The van der Waals surface area contributed by atoms with Gasteiger partial charge in [0, 0.05) is 49.8 Å². The first kappa shape index (κ1) is 28.2. The number of rotatable bonds is 7. The van der Waals surface area contributed by atoms with Crippen molar-refractivity contribution in [3.63, 3.8) is 0 Å². The van der Waals surface area contributed by atoms with Crippen molar-refractivity contribution in [2.75, 3.05) is 37.7 Å². The highest BCUT2D eigenvalue weighted by Gasteiger charge is 2.43. The van der Waals surface area contributed by atoms with E-state index in [2.05, 4.69) is 52.4 Å². The van der Waals surface area contributed by atoms with Gasteiger partial charge in [0.25, 0.3) is 0 Å². The molecule has 6 rings (SSSR count). The Hall–Kier alpha value is -2.94. The molecular formula is C33H41N3O4S. The maximum Gasteiger partial charge on any atom is 0.309 e. The predicted molar refractivity (Wildman–Crippen MR) is 163 cm³/mol. The van der Waals surface area contributed by atoms with E-state index < -0.39 is 11.4 Å². The highest BCUT2D eigenvalue weighted by molar-refractivity contribution is 7.14. The standard InChI is InChI=1S/C33H41N3O4S/c1-22-6-9-30(28(15-22)29-21-41-32(34-29)36-13-11-33(3,31(37)38)23(2)17-36)40-19-24-7-8-26-18-35(12-10-25(26)16-24)27-5-4-14-39-20-27/h6-9,15-16,21,23,27H,4-5,10-14,17-20H2,1-3H3,(H,37,38)/t23-,27?,33-/m0/s1. The summed E-state index contributed by atoms with van der Waals surface area (Å²) in [5.41, 5.74) is 6.42. The molecule has 7 nitrogen and oxygen atoms in total. The van der Waals surface area contributed by atoms with Crippen molar-refractivity contribution in [1.82, 2.24) is 9.88 Å². The molecule has 0 amide bonds. The molecule has 0 saturated carbocycles. The summed E-state index contributed by atoms with van der Waals surface area (Å²) in [7, 11) is 0. The van der Waals surface area contributed by atoms with Crippen molar-refractivity contribution in [3.05, 3.63) is 64.0 Å². The number of aliphatic carboxylic acids is 1. The molecule has 2 saturated heterocycles. The number of hydrogen-bond acceptors (Lipinski definition) is 7. The van der Waals surface area contributed by atoms with Crippen LogP contribution in [0.4, 0.5) is 5.13 Å². The van der Waals surface area contributed by atoms with Gasteiger partial charge in [-0.3, -0.25) is 9.69 Å². The largest absolute Gasteiger partial charge is 0.488 e. The Morgan fingerprint density at radius 1 is 1.22 bits per heavy atom. The maximum atomic E-state index is 11.8. The summed E-state index contributed by atoms with van der Waals surface area (Å²) >= 11 is 1.62. The van der Waals surface area contributed by atoms with E-state index in [1.54, 1.807) is 11.3 Å². The van der Waals surface area contributed by atoms with E-state index in [0.29, 0.717) is 32.2 Å². The van der Waals surface area contributed by atoms with Crippen LogP contribution < -0.4 is 9.64 Å². The Morgan fingerprint density at radius 3 is 2.88 bits per heavy atom. The average Bonchev–Trinajstić information content (AvgIpc) is 3.48. The number of piperidine rings is 1. The quantitative estimate of drug-likeness (QED) is 0.361. The lowest BCUT2D eigenvalue weighted by Crippen LogP contribution is -2.48. The van der Waals surface area contributed by atoms with Crippen LogP contribution in [0.5, 0.6) is 5.75 Å². The zero-order valence-corrected chi connectivity index (χ0v) is 25.2. The van der Waals surface area contributed by atoms with Crippen molar-refractivity contribution >= 4 is 22.4 Å². The second-order valence-electron chi connectivity index (χ2n) is 12.3. The highest BCUT2D eigenvalue weighted by atomic mass is 32.1. The third-order valence-electron chi connectivity index (χ3n) is 9.50. The number of benzene rings is 2. The smallest absolute Gasteiger partial charge is 0.309 e. The molecule has 1 aromatic heterocycles. The summed E-state index contributed by atoms with van der Waals surface area (Å²) < 4.78 is 12.2. The van der Waals surface area contributed by atoms with E-state index in [1.807, 2.05) is 19.9 Å². The molecule has 2 fully saturated rings. The number of carboxylic acid groups (broad SMARTS) is 1. The lowest BCUT2D eigenvalue weighted by atomic mass is 9.73. The second kappa shape index (κ2) is 11.7. The van der Waals surface area contributed by atoms with Crippen molar-refractivity contribution in [2.24, 2.45) is 11.3 Å². The van der Waals surface area contributed by atoms with E-state index in [4.69, 9.17) is 14.5 Å². The SMILES string of the molecule is Cc1ccc(OCc2ccc3c(c2)CCN(C2CCCOC2)C3)c(-c2csc(N3CC[C@](C)(C(=O)O)[C@@H](C)C3)n2)c1. The molecule has 0 aliphatic carbocycles. The predicted octanol–water partition coefficient (Wildman–Crippen LogP) is 6.17. The fraction of sp³-hybridized carbons (Fsp3) is 0.515. The fourth-order valence-corrected chi connectivity index (χ4v) is 7.30. The van der Waals surface area contributed by atoms with Crippen molar-refractivity contribution in [1.29, 1.82) is 0 Å². The number of nitrogens with zero attached hydrogens (tertiary/aromatic N) is 3. The number of fused-ring (bicyclic) bond motifs is 1. The minimum Gasteiger partial charge on any atom is -0.488 e. The summed E-state index contributed by atoms with van der Waals surface area (Å²) in [6.07, 6.45) is 4.09. The second-order valence-corrected chi connectivity index (χ2v) is 13.2. The zero-order valence-electron chi connectivity index (χ0n) is 24.4. The van der Waals surface area contributed by atoms with Crippen molar-refractivity contribution in [2.45, 2.75) is 65.6 Å². The minimum atomic E-state index is -0.707. The third-order valence-corrected chi connectivity index (χ3v) is 10.4. The van der Waals surface area contributed by atoms with Crippen LogP contribution in [0.15, 0.2) is 41.8 Å². The number of carboxylic acids is 1. The third kappa shape index (κ3) is 5.87. The van der Waals surface area contributed by atoms with Gasteiger partial charge in [0.1, 0.15) is 12.4 Å². The van der Waals surface area contributed by atoms with Gasteiger partial charge in [0.05, 0.1) is 17.7 Å². The molecular weight excluding hydrogens is 534 g/mol. The van der Waals surface area contributed by atoms with E-state index in [9.17, 15) is 9.90 Å². The lowest BCUT2D eigenvalue weighted by Gasteiger charge is -2.41. The number of aryl methyl sites for hydroxylation is 1. The summed E-state index contributed by atoms with van der Waals surface area (Å²) in [5.74, 6) is 0.167. The summed E-state index contributed by atoms with van der Waals surface area (Å²) in [5, 5.41) is 12.8. The van der Waals surface area contributed by atoms with Crippen LogP contribution in [-0.4, -0.2) is 59.8 Å².